The summed E-state index contributed by atoms with van der Waals surface area (Å²) >= 11 is 0. The third-order valence-corrected chi connectivity index (χ3v) is 4.69. The quantitative estimate of drug-likeness (QED) is 0.771. The smallest absolute Gasteiger partial charge is 0.238 e. The van der Waals surface area contributed by atoms with Crippen LogP contribution in [0.1, 0.15) is 0 Å². The van der Waals surface area contributed by atoms with Crippen molar-refractivity contribution in [1.82, 2.24) is 4.90 Å². The molecule has 1 amide bonds. The Bertz CT molecular complexity index is 604. The second-order valence-electron chi connectivity index (χ2n) is 4.71. The molecule has 1 fully saturated rings. The van der Waals surface area contributed by atoms with Gasteiger partial charge in [0.1, 0.15) is 5.82 Å². The number of sulfone groups is 1. The number of hydrogen-bond acceptors (Lipinski definition) is 5. The number of amides is 1. The lowest BCUT2D eigenvalue weighted by atomic mass is 10.2. The second-order valence-corrected chi connectivity index (χ2v) is 7.02. The van der Waals surface area contributed by atoms with E-state index in [-0.39, 0.29) is 29.6 Å². The second kappa shape index (κ2) is 5.76. The molecule has 1 aliphatic rings. The number of hydrogen-bond donors (Lipinski definition) is 2. The number of benzene rings is 1. The van der Waals surface area contributed by atoms with Gasteiger partial charge in [-0.25, -0.2) is 12.8 Å². The predicted molar refractivity (Wildman–Crippen MR) is 74.5 cm³/mol. The van der Waals surface area contributed by atoms with E-state index in [1.165, 1.54) is 18.2 Å². The van der Waals surface area contributed by atoms with Crippen LogP contribution in [0.4, 0.5) is 15.8 Å². The molecule has 20 heavy (non-hydrogen) atoms. The van der Waals surface area contributed by atoms with Crippen LogP contribution in [0.5, 0.6) is 0 Å². The van der Waals surface area contributed by atoms with Crippen LogP contribution in [0.25, 0.3) is 0 Å². The number of nitrogens with zero attached hydrogens (tertiary/aromatic N) is 1. The van der Waals surface area contributed by atoms with Gasteiger partial charge in [0.15, 0.2) is 9.84 Å². The van der Waals surface area contributed by atoms with Crippen LogP contribution in [-0.4, -0.2) is 50.4 Å². The number of carbonyl (C=O) groups is 1. The summed E-state index contributed by atoms with van der Waals surface area (Å²) in [7, 11) is -2.95. The predicted octanol–water partition coefficient (Wildman–Crippen LogP) is 0.0768. The molecule has 0 aromatic heterocycles. The Morgan fingerprint density at radius 1 is 1.35 bits per heavy atom. The number of carbonyl (C=O) groups excluding carboxylic acids is 1. The highest BCUT2D eigenvalue weighted by atomic mass is 32.2. The minimum atomic E-state index is -2.95. The lowest BCUT2D eigenvalue weighted by Gasteiger charge is -2.25. The molecule has 8 heteroatoms. The van der Waals surface area contributed by atoms with Gasteiger partial charge in [0.2, 0.25) is 5.91 Å². The van der Waals surface area contributed by atoms with Crippen molar-refractivity contribution in [2.24, 2.45) is 0 Å². The highest BCUT2D eigenvalue weighted by Crippen LogP contribution is 2.16. The van der Waals surface area contributed by atoms with Crippen LogP contribution in [0.15, 0.2) is 18.2 Å². The summed E-state index contributed by atoms with van der Waals surface area (Å²) in [5.41, 5.74) is 5.79. The first kappa shape index (κ1) is 14.7. The Morgan fingerprint density at radius 3 is 2.60 bits per heavy atom. The zero-order valence-electron chi connectivity index (χ0n) is 10.8. The van der Waals surface area contributed by atoms with E-state index >= 15 is 0 Å². The highest BCUT2D eigenvalue weighted by molar-refractivity contribution is 7.91. The Morgan fingerprint density at radius 2 is 2.00 bits per heavy atom. The highest BCUT2D eigenvalue weighted by Gasteiger charge is 2.22. The molecule has 0 atom stereocenters. The van der Waals surface area contributed by atoms with Crippen LogP contribution >= 0.6 is 0 Å². The van der Waals surface area contributed by atoms with Crippen molar-refractivity contribution >= 4 is 27.1 Å². The molecular weight excluding hydrogens is 285 g/mol. The van der Waals surface area contributed by atoms with E-state index in [9.17, 15) is 17.6 Å². The maximum atomic E-state index is 13.0. The fraction of sp³-hybridized carbons (Fsp3) is 0.417. The summed E-state index contributed by atoms with van der Waals surface area (Å²) < 4.78 is 35.5. The van der Waals surface area contributed by atoms with Gasteiger partial charge < -0.3 is 11.1 Å². The Labute approximate surface area is 116 Å². The average Bonchev–Trinajstić information content (AvgIpc) is 2.36. The molecule has 2 rings (SSSR count). The molecule has 1 saturated heterocycles. The summed E-state index contributed by atoms with van der Waals surface area (Å²) in [6.07, 6.45) is 0. The Balaban J connectivity index is 1.88. The van der Waals surface area contributed by atoms with E-state index in [4.69, 9.17) is 5.73 Å². The molecule has 1 aliphatic heterocycles. The van der Waals surface area contributed by atoms with Gasteiger partial charge in [-0.3, -0.25) is 9.69 Å². The largest absolute Gasteiger partial charge is 0.396 e. The van der Waals surface area contributed by atoms with E-state index in [1.54, 1.807) is 4.90 Å². The molecule has 1 heterocycles. The molecule has 0 radical (unpaired) electrons. The summed E-state index contributed by atoms with van der Waals surface area (Å²) in [6, 6.07) is 3.94. The fourth-order valence-corrected chi connectivity index (χ4v) is 3.21. The van der Waals surface area contributed by atoms with Crippen molar-refractivity contribution in [2.75, 3.05) is 42.2 Å². The van der Waals surface area contributed by atoms with Crippen molar-refractivity contribution in [1.29, 1.82) is 0 Å². The topological polar surface area (TPSA) is 92.5 Å². The van der Waals surface area contributed by atoms with Crippen molar-refractivity contribution in [3.8, 4) is 0 Å². The fourth-order valence-electron chi connectivity index (χ4n) is 1.93. The lowest BCUT2D eigenvalue weighted by molar-refractivity contribution is -0.117. The van der Waals surface area contributed by atoms with Gasteiger partial charge in [-0.2, -0.15) is 0 Å². The van der Waals surface area contributed by atoms with Crippen molar-refractivity contribution in [2.45, 2.75) is 0 Å². The van der Waals surface area contributed by atoms with Crippen molar-refractivity contribution < 1.29 is 17.6 Å². The number of nitrogen functional groups attached to an aromatic ring is 1. The molecule has 3 N–H and O–H groups in total. The molecule has 0 unspecified atom stereocenters. The molecule has 0 saturated carbocycles. The van der Waals surface area contributed by atoms with E-state index in [0.717, 1.165) is 0 Å². The Kier molecular flexibility index (Phi) is 4.24. The molecule has 110 valence electrons. The van der Waals surface area contributed by atoms with Crippen LogP contribution in [0, 0.1) is 5.82 Å². The molecule has 0 bridgehead atoms. The van der Waals surface area contributed by atoms with E-state index in [2.05, 4.69) is 5.32 Å². The Hall–Kier alpha value is -1.67. The van der Waals surface area contributed by atoms with E-state index in [1.807, 2.05) is 0 Å². The average molecular weight is 301 g/mol. The van der Waals surface area contributed by atoms with Gasteiger partial charge in [0, 0.05) is 18.8 Å². The zero-order chi connectivity index (χ0) is 14.8. The summed E-state index contributed by atoms with van der Waals surface area (Å²) in [4.78, 5) is 13.6. The standard InChI is InChI=1S/C12H16FN3O3S/c13-10-2-1-9(7-11(10)14)15-12(17)8-16-3-5-20(18,19)6-4-16/h1-2,7H,3-6,8,14H2,(H,15,17). The number of halogens is 1. The lowest BCUT2D eigenvalue weighted by Crippen LogP contribution is -2.43. The molecular formula is C12H16FN3O3S. The van der Waals surface area contributed by atoms with Gasteiger partial charge >= 0.3 is 0 Å². The number of rotatable bonds is 3. The van der Waals surface area contributed by atoms with Crippen molar-refractivity contribution in [3.05, 3.63) is 24.0 Å². The minimum Gasteiger partial charge on any atom is -0.396 e. The monoisotopic (exact) mass is 301 g/mol. The van der Waals surface area contributed by atoms with Crippen molar-refractivity contribution in [3.63, 3.8) is 0 Å². The van der Waals surface area contributed by atoms with Crippen LogP contribution in [0.2, 0.25) is 0 Å². The molecule has 1 aromatic rings. The van der Waals surface area contributed by atoms with Gasteiger partial charge in [-0.1, -0.05) is 0 Å². The first-order chi connectivity index (χ1) is 9.35. The molecule has 0 spiro atoms. The summed E-state index contributed by atoms with van der Waals surface area (Å²) in [5, 5.41) is 2.60. The van der Waals surface area contributed by atoms with Gasteiger partial charge in [-0.05, 0) is 18.2 Å². The van der Waals surface area contributed by atoms with E-state index in [0.29, 0.717) is 18.8 Å². The molecule has 0 aliphatic carbocycles. The van der Waals surface area contributed by atoms with Crippen LogP contribution in [-0.2, 0) is 14.6 Å². The summed E-state index contributed by atoms with van der Waals surface area (Å²) in [5.74, 6) is -0.673. The van der Waals surface area contributed by atoms with E-state index < -0.39 is 15.7 Å². The first-order valence-electron chi connectivity index (χ1n) is 6.13. The molecule has 6 nitrogen and oxygen atoms in total. The third-order valence-electron chi connectivity index (χ3n) is 3.08. The molecule has 1 aromatic carbocycles. The van der Waals surface area contributed by atoms with Gasteiger partial charge in [-0.15, -0.1) is 0 Å². The number of anilines is 2. The van der Waals surface area contributed by atoms with Gasteiger partial charge in [0.25, 0.3) is 0 Å². The number of nitrogens with two attached hydrogens (primary N) is 1. The minimum absolute atomic E-state index is 0.0353. The first-order valence-corrected chi connectivity index (χ1v) is 7.95. The number of nitrogens with one attached hydrogen (secondary N) is 1. The third kappa shape index (κ3) is 3.91. The maximum absolute atomic E-state index is 13.0. The zero-order valence-corrected chi connectivity index (χ0v) is 11.6. The van der Waals surface area contributed by atoms with Crippen LogP contribution < -0.4 is 11.1 Å². The maximum Gasteiger partial charge on any atom is 0.238 e. The SMILES string of the molecule is Nc1cc(NC(=O)CN2CCS(=O)(=O)CC2)ccc1F. The normalized spacial score (nSPS) is 18.6. The van der Waals surface area contributed by atoms with Gasteiger partial charge in [0.05, 0.1) is 23.7 Å². The summed E-state index contributed by atoms with van der Waals surface area (Å²) in [6.45, 7) is 0.801. The van der Waals surface area contributed by atoms with Crippen LogP contribution in [0.3, 0.4) is 0 Å².